The minimum absolute atomic E-state index is 0.00776. The van der Waals surface area contributed by atoms with Crippen molar-refractivity contribution in [1.82, 2.24) is 0 Å². The van der Waals surface area contributed by atoms with Crippen LogP contribution in [0.2, 0.25) is 0 Å². The molecule has 0 aliphatic heterocycles. The Morgan fingerprint density at radius 2 is 2.10 bits per heavy atom. The van der Waals surface area contributed by atoms with Crippen LogP contribution in [-0.4, -0.2) is 17.4 Å². The molecule has 1 aromatic carbocycles. The Labute approximate surface area is 124 Å². The van der Waals surface area contributed by atoms with Crippen molar-refractivity contribution in [3.05, 3.63) is 29.8 Å². The summed E-state index contributed by atoms with van der Waals surface area (Å²) in [5, 5.41) is 11.8. The predicted octanol–water partition coefficient (Wildman–Crippen LogP) is 3.81. The quantitative estimate of drug-likeness (QED) is 0.810. The lowest BCUT2D eigenvalue weighted by Gasteiger charge is -2.09. The summed E-state index contributed by atoms with van der Waals surface area (Å²) >= 11 is 1.87. The summed E-state index contributed by atoms with van der Waals surface area (Å²) in [6.45, 7) is 0. The van der Waals surface area contributed by atoms with E-state index in [0.29, 0.717) is 17.7 Å². The zero-order chi connectivity index (χ0) is 14.2. The van der Waals surface area contributed by atoms with Crippen molar-refractivity contribution in [2.24, 2.45) is 5.92 Å². The highest BCUT2D eigenvalue weighted by molar-refractivity contribution is 7.99. The molecule has 1 saturated carbocycles. The topological polar surface area (TPSA) is 52.9 Å². The van der Waals surface area contributed by atoms with Crippen molar-refractivity contribution >= 4 is 23.4 Å². The van der Waals surface area contributed by atoms with Gasteiger partial charge in [0.2, 0.25) is 5.91 Å². The summed E-state index contributed by atoms with van der Waals surface area (Å²) in [6, 6.07) is 9.19. The largest absolute Gasteiger partial charge is 0.325 e. The molecule has 0 unspecified atom stereocenters. The molecule has 1 aromatic rings. The van der Waals surface area contributed by atoms with Crippen molar-refractivity contribution in [3.8, 4) is 6.07 Å². The second-order valence-electron chi connectivity index (χ2n) is 5.18. The molecular formula is C16H20N2OS. The average molecular weight is 288 g/mol. The molecule has 106 valence electrons. The van der Waals surface area contributed by atoms with Gasteiger partial charge in [0.1, 0.15) is 6.07 Å². The van der Waals surface area contributed by atoms with E-state index >= 15 is 0 Å². The maximum Gasteiger partial charge on any atom is 0.225 e. The molecule has 20 heavy (non-hydrogen) atoms. The SMILES string of the molecule is N#Cc1ccccc1NC(=O)CCSCC1CCCC1. The van der Waals surface area contributed by atoms with E-state index in [0.717, 1.165) is 11.7 Å². The normalized spacial score (nSPS) is 14.9. The lowest BCUT2D eigenvalue weighted by molar-refractivity contribution is -0.115. The number of anilines is 1. The third-order valence-electron chi connectivity index (χ3n) is 3.62. The average Bonchev–Trinajstić information content (AvgIpc) is 2.97. The molecule has 0 bridgehead atoms. The van der Waals surface area contributed by atoms with Crippen LogP contribution in [0.5, 0.6) is 0 Å². The number of carbonyl (C=O) groups is 1. The highest BCUT2D eigenvalue weighted by Crippen LogP contribution is 2.28. The Morgan fingerprint density at radius 1 is 1.35 bits per heavy atom. The number of amides is 1. The molecule has 1 aliphatic carbocycles. The molecule has 0 saturated heterocycles. The predicted molar refractivity (Wildman–Crippen MR) is 83.7 cm³/mol. The summed E-state index contributed by atoms with van der Waals surface area (Å²) in [4.78, 5) is 11.8. The van der Waals surface area contributed by atoms with E-state index < -0.39 is 0 Å². The van der Waals surface area contributed by atoms with Gasteiger partial charge in [-0.05, 0) is 36.6 Å². The van der Waals surface area contributed by atoms with E-state index in [2.05, 4.69) is 11.4 Å². The molecule has 0 atom stereocenters. The first-order valence-corrected chi connectivity index (χ1v) is 8.32. The summed E-state index contributed by atoms with van der Waals surface area (Å²) in [7, 11) is 0. The van der Waals surface area contributed by atoms with E-state index in [9.17, 15) is 4.79 Å². The van der Waals surface area contributed by atoms with Gasteiger partial charge in [0.15, 0.2) is 0 Å². The maximum absolute atomic E-state index is 11.8. The summed E-state index contributed by atoms with van der Waals surface area (Å²) in [5.41, 5.74) is 1.13. The molecule has 1 N–H and O–H groups in total. The fraction of sp³-hybridized carbons (Fsp3) is 0.500. The van der Waals surface area contributed by atoms with Crippen LogP contribution >= 0.6 is 11.8 Å². The summed E-state index contributed by atoms with van der Waals surface area (Å²) in [5.74, 6) is 2.90. The van der Waals surface area contributed by atoms with Crippen molar-refractivity contribution in [3.63, 3.8) is 0 Å². The van der Waals surface area contributed by atoms with Crippen molar-refractivity contribution in [2.45, 2.75) is 32.1 Å². The summed E-state index contributed by atoms with van der Waals surface area (Å²) in [6.07, 6.45) is 5.97. The standard InChI is InChI=1S/C16H20N2OS/c17-11-14-7-3-4-8-15(14)18-16(19)9-10-20-12-13-5-1-2-6-13/h3-4,7-8,13H,1-2,5-6,9-10,12H2,(H,18,19). The van der Waals surface area contributed by atoms with E-state index in [-0.39, 0.29) is 5.91 Å². The number of rotatable bonds is 6. The van der Waals surface area contributed by atoms with Crippen LogP contribution in [0.3, 0.4) is 0 Å². The fourth-order valence-corrected chi connectivity index (χ4v) is 3.66. The molecule has 1 fully saturated rings. The van der Waals surface area contributed by atoms with Gasteiger partial charge in [-0.15, -0.1) is 0 Å². The van der Waals surface area contributed by atoms with Gasteiger partial charge in [0.25, 0.3) is 0 Å². The molecule has 0 radical (unpaired) electrons. The molecular weight excluding hydrogens is 268 g/mol. The second kappa shape index (κ2) is 7.96. The second-order valence-corrected chi connectivity index (χ2v) is 6.33. The number of nitrogens with zero attached hydrogens (tertiary/aromatic N) is 1. The zero-order valence-corrected chi connectivity index (χ0v) is 12.4. The minimum atomic E-state index is -0.00776. The monoisotopic (exact) mass is 288 g/mol. The number of carbonyl (C=O) groups excluding carboxylic acids is 1. The Hall–Kier alpha value is -1.47. The van der Waals surface area contributed by atoms with Crippen molar-refractivity contribution in [1.29, 1.82) is 5.26 Å². The Morgan fingerprint density at radius 3 is 2.85 bits per heavy atom. The molecule has 0 heterocycles. The molecule has 2 rings (SSSR count). The van der Waals surface area contributed by atoms with Gasteiger partial charge in [-0.1, -0.05) is 25.0 Å². The van der Waals surface area contributed by atoms with Crippen LogP contribution in [0.25, 0.3) is 0 Å². The first-order chi connectivity index (χ1) is 9.79. The van der Waals surface area contributed by atoms with Gasteiger partial charge >= 0.3 is 0 Å². The van der Waals surface area contributed by atoms with Crippen LogP contribution in [0, 0.1) is 17.2 Å². The molecule has 3 nitrogen and oxygen atoms in total. The van der Waals surface area contributed by atoms with Gasteiger partial charge in [0, 0.05) is 12.2 Å². The number of para-hydroxylation sites is 1. The third-order valence-corrected chi connectivity index (χ3v) is 4.82. The van der Waals surface area contributed by atoms with Gasteiger partial charge in [-0.2, -0.15) is 17.0 Å². The van der Waals surface area contributed by atoms with Gasteiger partial charge < -0.3 is 5.32 Å². The van der Waals surface area contributed by atoms with Crippen LogP contribution in [0.1, 0.15) is 37.7 Å². The molecule has 0 aromatic heterocycles. The number of benzene rings is 1. The number of hydrogen-bond donors (Lipinski definition) is 1. The van der Waals surface area contributed by atoms with Crippen LogP contribution in [-0.2, 0) is 4.79 Å². The Bertz CT molecular complexity index is 489. The first-order valence-electron chi connectivity index (χ1n) is 7.16. The van der Waals surface area contributed by atoms with Crippen LogP contribution in [0.4, 0.5) is 5.69 Å². The van der Waals surface area contributed by atoms with Crippen molar-refractivity contribution in [2.75, 3.05) is 16.8 Å². The maximum atomic E-state index is 11.8. The lowest BCUT2D eigenvalue weighted by atomic mass is 10.1. The van der Waals surface area contributed by atoms with E-state index in [4.69, 9.17) is 5.26 Å². The Kier molecular flexibility index (Phi) is 5.94. The van der Waals surface area contributed by atoms with E-state index in [1.807, 2.05) is 17.8 Å². The number of nitrogens with one attached hydrogen (secondary N) is 1. The lowest BCUT2D eigenvalue weighted by Crippen LogP contribution is -2.13. The molecule has 1 amide bonds. The highest BCUT2D eigenvalue weighted by Gasteiger charge is 2.14. The summed E-state index contributed by atoms with van der Waals surface area (Å²) < 4.78 is 0. The van der Waals surface area contributed by atoms with E-state index in [1.54, 1.807) is 18.2 Å². The highest BCUT2D eigenvalue weighted by atomic mass is 32.2. The van der Waals surface area contributed by atoms with Gasteiger partial charge in [-0.25, -0.2) is 0 Å². The molecule has 0 spiro atoms. The number of thioether (sulfide) groups is 1. The van der Waals surface area contributed by atoms with Crippen LogP contribution < -0.4 is 5.32 Å². The number of nitriles is 1. The van der Waals surface area contributed by atoms with Gasteiger partial charge in [0.05, 0.1) is 11.3 Å². The zero-order valence-electron chi connectivity index (χ0n) is 11.6. The fourth-order valence-electron chi connectivity index (χ4n) is 2.49. The smallest absolute Gasteiger partial charge is 0.225 e. The Balaban J connectivity index is 1.68. The van der Waals surface area contributed by atoms with Gasteiger partial charge in [-0.3, -0.25) is 4.79 Å². The molecule has 4 heteroatoms. The third kappa shape index (κ3) is 4.57. The van der Waals surface area contributed by atoms with Crippen LogP contribution in [0.15, 0.2) is 24.3 Å². The van der Waals surface area contributed by atoms with E-state index in [1.165, 1.54) is 31.4 Å². The molecule has 1 aliphatic rings. The van der Waals surface area contributed by atoms with Crippen molar-refractivity contribution < 1.29 is 4.79 Å². The number of hydrogen-bond acceptors (Lipinski definition) is 3. The first kappa shape index (κ1) is 14.9. The minimum Gasteiger partial charge on any atom is -0.325 e.